The highest BCUT2D eigenvalue weighted by Crippen LogP contribution is 2.42. The number of carbonyl (C=O) groups is 2. The molecule has 1 fully saturated rings. The van der Waals surface area contributed by atoms with Gasteiger partial charge in [0.05, 0.1) is 11.6 Å². The van der Waals surface area contributed by atoms with E-state index in [0.717, 1.165) is 4.47 Å². The van der Waals surface area contributed by atoms with E-state index >= 15 is 0 Å². The van der Waals surface area contributed by atoms with E-state index in [-0.39, 0.29) is 16.9 Å². The van der Waals surface area contributed by atoms with E-state index in [2.05, 4.69) is 20.9 Å². The average Bonchev–Trinajstić information content (AvgIpc) is 2.99. The molecule has 2 heterocycles. The number of anilines is 1. The van der Waals surface area contributed by atoms with Crippen molar-refractivity contribution in [2.75, 3.05) is 4.90 Å². The Kier molecular flexibility index (Phi) is 4.98. The van der Waals surface area contributed by atoms with E-state index in [9.17, 15) is 19.1 Å². The molecule has 1 aliphatic rings. The minimum absolute atomic E-state index is 0.0745. The fourth-order valence-electron chi connectivity index (χ4n) is 3.34. The lowest BCUT2D eigenvalue weighted by atomic mass is 9.96. The minimum Gasteiger partial charge on any atom is -0.507 e. The van der Waals surface area contributed by atoms with E-state index in [0.29, 0.717) is 11.3 Å². The van der Waals surface area contributed by atoms with Crippen LogP contribution in [0, 0.1) is 5.82 Å². The predicted molar refractivity (Wildman–Crippen MR) is 110 cm³/mol. The molecule has 1 amide bonds. The second-order valence-corrected chi connectivity index (χ2v) is 7.36. The van der Waals surface area contributed by atoms with Gasteiger partial charge in [0.25, 0.3) is 11.7 Å². The third kappa shape index (κ3) is 3.45. The molecule has 4 rings (SSSR count). The fraction of sp³-hybridized carbons (Fsp3) is 0.0455. The van der Waals surface area contributed by atoms with Gasteiger partial charge in [-0.25, -0.2) is 4.39 Å². The first-order valence-corrected chi connectivity index (χ1v) is 9.49. The third-order valence-electron chi connectivity index (χ3n) is 4.65. The lowest BCUT2D eigenvalue weighted by Gasteiger charge is -2.25. The van der Waals surface area contributed by atoms with Crippen LogP contribution in [0.3, 0.4) is 0 Å². The number of aromatic nitrogens is 1. The molecule has 7 heteroatoms. The first-order chi connectivity index (χ1) is 14.0. The van der Waals surface area contributed by atoms with Gasteiger partial charge in [0, 0.05) is 28.1 Å². The number of amides is 1. The third-order valence-corrected chi connectivity index (χ3v) is 5.14. The molecule has 2 aromatic carbocycles. The van der Waals surface area contributed by atoms with E-state index < -0.39 is 23.5 Å². The number of rotatable bonds is 3. The second kappa shape index (κ2) is 7.60. The van der Waals surface area contributed by atoms with E-state index in [1.807, 2.05) is 0 Å². The van der Waals surface area contributed by atoms with Crippen molar-refractivity contribution in [2.24, 2.45) is 0 Å². The Labute approximate surface area is 174 Å². The van der Waals surface area contributed by atoms with Crippen LogP contribution >= 0.6 is 15.9 Å². The molecule has 1 aromatic heterocycles. The van der Waals surface area contributed by atoms with Crippen LogP contribution in [-0.4, -0.2) is 21.8 Å². The topological polar surface area (TPSA) is 70.5 Å². The van der Waals surface area contributed by atoms with Gasteiger partial charge in [-0.1, -0.05) is 28.1 Å². The Balaban J connectivity index is 1.94. The van der Waals surface area contributed by atoms with Crippen LogP contribution in [0.5, 0.6) is 0 Å². The molecule has 1 aliphatic heterocycles. The quantitative estimate of drug-likeness (QED) is 0.357. The van der Waals surface area contributed by atoms with Crippen molar-refractivity contribution >= 4 is 39.1 Å². The summed E-state index contributed by atoms with van der Waals surface area (Å²) in [6.07, 6.45) is 3.12. The van der Waals surface area contributed by atoms with Gasteiger partial charge in [0.15, 0.2) is 0 Å². The highest BCUT2D eigenvalue weighted by atomic mass is 79.9. The summed E-state index contributed by atoms with van der Waals surface area (Å²) in [4.78, 5) is 31.3. The summed E-state index contributed by atoms with van der Waals surface area (Å²) >= 11 is 3.38. The Morgan fingerprint density at radius 3 is 2.48 bits per heavy atom. The van der Waals surface area contributed by atoms with Crippen LogP contribution in [-0.2, 0) is 9.59 Å². The van der Waals surface area contributed by atoms with E-state index in [4.69, 9.17) is 0 Å². The number of nitrogens with zero attached hydrogens (tertiary/aromatic N) is 2. The van der Waals surface area contributed by atoms with Crippen molar-refractivity contribution in [3.8, 4) is 0 Å². The molecule has 1 saturated heterocycles. The maximum Gasteiger partial charge on any atom is 0.300 e. The molecule has 0 spiro atoms. The maximum absolute atomic E-state index is 13.3. The van der Waals surface area contributed by atoms with Crippen molar-refractivity contribution in [1.29, 1.82) is 0 Å². The molecule has 0 bridgehead atoms. The summed E-state index contributed by atoms with van der Waals surface area (Å²) in [5.41, 5.74) is 1.23. The van der Waals surface area contributed by atoms with Crippen LogP contribution < -0.4 is 4.90 Å². The Morgan fingerprint density at radius 1 is 1.07 bits per heavy atom. The SMILES string of the molecule is O=C1C(=O)N(c2cccc(Br)c2)C(c2cccnc2)/C1=C(\O)c1ccc(F)cc1. The summed E-state index contributed by atoms with van der Waals surface area (Å²) in [7, 11) is 0. The molecule has 5 nitrogen and oxygen atoms in total. The van der Waals surface area contributed by atoms with E-state index in [1.165, 1.54) is 29.2 Å². The summed E-state index contributed by atoms with van der Waals surface area (Å²) in [6.45, 7) is 0. The minimum atomic E-state index is -0.872. The molecule has 0 radical (unpaired) electrons. The van der Waals surface area contributed by atoms with Crippen molar-refractivity contribution in [1.82, 2.24) is 4.98 Å². The van der Waals surface area contributed by atoms with Crippen LogP contribution in [0.4, 0.5) is 10.1 Å². The first kappa shape index (κ1) is 19.0. The normalized spacial score (nSPS) is 18.3. The zero-order valence-corrected chi connectivity index (χ0v) is 16.5. The highest BCUT2D eigenvalue weighted by molar-refractivity contribution is 9.10. The molecular formula is C22H14BrFN2O3. The summed E-state index contributed by atoms with van der Waals surface area (Å²) in [6, 6.07) is 14.6. The molecule has 0 aliphatic carbocycles. The Hall–Kier alpha value is -3.32. The number of aliphatic hydroxyl groups excluding tert-OH is 1. The number of aliphatic hydroxyl groups is 1. The zero-order valence-electron chi connectivity index (χ0n) is 14.9. The van der Waals surface area contributed by atoms with Gasteiger partial charge in [-0.05, 0) is 54.1 Å². The van der Waals surface area contributed by atoms with Gasteiger partial charge in [0.1, 0.15) is 11.6 Å². The van der Waals surface area contributed by atoms with Crippen molar-refractivity contribution in [2.45, 2.75) is 6.04 Å². The second-order valence-electron chi connectivity index (χ2n) is 6.44. The number of ketones is 1. The van der Waals surface area contributed by atoms with Gasteiger partial charge >= 0.3 is 0 Å². The molecule has 1 N–H and O–H groups in total. The van der Waals surface area contributed by atoms with E-state index in [1.54, 1.807) is 48.8 Å². The van der Waals surface area contributed by atoms with Crippen molar-refractivity contribution in [3.63, 3.8) is 0 Å². The number of halogens is 2. The predicted octanol–water partition coefficient (Wildman–Crippen LogP) is 4.61. The number of hydrogen-bond donors (Lipinski definition) is 1. The Bertz CT molecular complexity index is 1130. The van der Waals surface area contributed by atoms with Crippen LogP contribution in [0.15, 0.2) is 83.1 Å². The number of Topliss-reactive ketones (excluding diaryl/α,β-unsaturated/α-hetero) is 1. The van der Waals surface area contributed by atoms with Crippen LogP contribution in [0.2, 0.25) is 0 Å². The smallest absolute Gasteiger partial charge is 0.300 e. The molecule has 0 saturated carbocycles. The zero-order chi connectivity index (χ0) is 20.5. The van der Waals surface area contributed by atoms with Crippen molar-refractivity contribution in [3.05, 3.63) is 100 Å². The van der Waals surface area contributed by atoms with Gasteiger partial charge in [-0.2, -0.15) is 0 Å². The van der Waals surface area contributed by atoms with Crippen molar-refractivity contribution < 1.29 is 19.1 Å². The van der Waals surface area contributed by atoms with Gasteiger partial charge in [0.2, 0.25) is 0 Å². The van der Waals surface area contributed by atoms with Crippen LogP contribution in [0.1, 0.15) is 17.2 Å². The van der Waals surface area contributed by atoms with Crippen LogP contribution in [0.25, 0.3) is 5.76 Å². The van der Waals surface area contributed by atoms with Gasteiger partial charge in [-0.15, -0.1) is 0 Å². The Morgan fingerprint density at radius 2 is 1.83 bits per heavy atom. The lowest BCUT2D eigenvalue weighted by Crippen LogP contribution is -2.29. The largest absolute Gasteiger partial charge is 0.507 e. The van der Waals surface area contributed by atoms with Gasteiger partial charge < -0.3 is 5.11 Å². The molecular weight excluding hydrogens is 439 g/mol. The standard InChI is InChI=1S/C22H14BrFN2O3/c23-15-4-1-5-17(11-15)26-19(14-3-2-10-25-12-14)18(21(28)22(26)29)20(27)13-6-8-16(24)9-7-13/h1-12,19,27H/b20-18+. The number of carbonyl (C=O) groups excluding carboxylic acids is 2. The molecule has 3 aromatic rings. The number of hydrogen-bond acceptors (Lipinski definition) is 4. The molecule has 144 valence electrons. The summed E-state index contributed by atoms with van der Waals surface area (Å²) in [5.74, 6) is -2.42. The average molecular weight is 453 g/mol. The fourth-order valence-corrected chi connectivity index (χ4v) is 3.73. The summed E-state index contributed by atoms with van der Waals surface area (Å²) in [5, 5.41) is 10.9. The lowest BCUT2D eigenvalue weighted by molar-refractivity contribution is -0.132. The first-order valence-electron chi connectivity index (χ1n) is 8.70. The molecule has 29 heavy (non-hydrogen) atoms. The number of benzene rings is 2. The van der Waals surface area contributed by atoms with Gasteiger partial charge in [-0.3, -0.25) is 19.5 Å². The molecule has 1 atom stereocenters. The number of pyridine rings is 1. The summed E-state index contributed by atoms with van der Waals surface area (Å²) < 4.78 is 14.0. The molecule has 1 unspecified atom stereocenters. The highest BCUT2D eigenvalue weighted by Gasteiger charge is 2.47. The maximum atomic E-state index is 13.3. The monoisotopic (exact) mass is 452 g/mol.